The van der Waals surface area contributed by atoms with Gasteiger partial charge >= 0.3 is 0 Å². The second-order valence-corrected chi connectivity index (χ2v) is 18.3. The number of pyridine rings is 2. The SMILES string of the molecule is CNC(=O)C(CCC=O)N1Cc2ccc(N3CC4(CCN(CC5CCN(Cc6c(OC)cc(-c7cn(C)c(=O)c8cnc(N9CCC9)cc78)cc6OC)CC5)CC4)C3)cc2C1=O. The molecule has 2 aromatic heterocycles. The number of aryl methyl sites for hydroxylation is 1. The van der Waals surface area contributed by atoms with Crippen LogP contribution in [-0.4, -0.2) is 129 Å². The van der Waals surface area contributed by atoms with Crippen LogP contribution in [0.25, 0.3) is 21.9 Å². The number of nitrogens with one attached hydrogen (secondary N) is 1. The van der Waals surface area contributed by atoms with Crippen LogP contribution in [0.1, 0.15) is 66.4 Å². The molecule has 4 fully saturated rings. The fourth-order valence-corrected chi connectivity index (χ4v) is 10.6. The smallest absolute Gasteiger partial charge is 0.259 e. The van der Waals surface area contributed by atoms with Crippen LogP contribution in [0.15, 0.2) is 53.6 Å². The molecule has 328 valence electrons. The lowest BCUT2D eigenvalue weighted by molar-refractivity contribution is -0.125. The maximum absolute atomic E-state index is 13.5. The van der Waals surface area contributed by atoms with Gasteiger partial charge in [-0.15, -0.1) is 0 Å². The monoisotopic (exact) mass is 844 g/mol. The van der Waals surface area contributed by atoms with E-state index in [1.165, 1.54) is 12.8 Å². The average Bonchev–Trinajstić information content (AvgIpc) is 3.59. The summed E-state index contributed by atoms with van der Waals surface area (Å²) < 4.78 is 13.7. The normalized spacial score (nSPS) is 19.6. The van der Waals surface area contributed by atoms with E-state index in [2.05, 4.69) is 54.2 Å². The van der Waals surface area contributed by atoms with Crippen LogP contribution in [0.3, 0.4) is 0 Å². The molecule has 4 saturated heterocycles. The van der Waals surface area contributed by atoms with Gasteiger partial charge in [-0.3, -0.25) is 19.3 Å². The second-order valence-electron chi connectivity index (χ2n) is 18.3. The molecule has 0 bridgehead atoms. The predicted octanol–water partition coefficient (Wildman–Crippen LogP) is 4.69. The lowest BCUT2D eigenvalue weighted by Gasteiger charge is -2.55. The van der Waals surface area contributed by atoms with Crippen LogP contribution in [0.5, 0.6) is 11.5 Å². The first-order valence-corrected chi connectivity index (χ1v) is 22.4. The first kappa shape index (κ1) is 41.9. The molecule has 14 heteroatoms. The van der Waals surface area contributed by atoms with Crippen molar-refractivity contribution < 1.29 is 23.9 Å². The third-order valence-electron chi connectivity index (χ3n) is 14.5. The van der Waals surface area contributed by atoms with Gasteiger partial charge in [0, 0.05) is 106 Å². The number of carbonyl (C=O) groups is 3. The number of nitrogens with zero attached hydrogens (tertiary/aromatic N) is 7. The fourth-order valence-electron chi connectivity index (χ4n) is 10.6. The molecular weight excluding hydrogens is 785 g/mol. The van der Waals surface area contributed by atoms with Gasteiger partial charge in [-0.05, 0) is 112 Å². The highest BCUT2D eigenvalue weighted by Crippen LogP contribution is 2.44. The van der Waals surface area contributed by atoms with E-state index in [-0.39, 0.29) is 23.8 Å². The molecule has 5 aliphatic heterocycles. The minimum Gasteiger partial charge on any atom is -0.496 e. The molecular formula is C48H60N8O6. The number of benzene rings is 2. The summed E-state index contributed by atoms with van der Waals surface area (Å²) in [5.74, 6) is 2.77. The quantitative estimate of drug-likeness (QED) is 0.178. The summed E-state index contributed by atoms with van der Waals surface area (Å²) in [5.41, 5.74) is 5.85. The van der Waals surface area contributed by atoms with Crippen LogP contribution in [-0.2, 0) is 29.7 Å². The molecule has 14 nitrogen and oxygen atoms in total. The Morgan fingerprint density at radius 1 is 0.919 bits per heavy atom. The van der Waals surface area contributed by atoms with E-state index in [4.69, 9.17) is 9.47 Å². The Morgan fingerprint density at radius 3 is 2.29 bits per heavy atom. The maximum atomic E-state index is 13.5. The van der Waals surface area contributed by atoms with E-state index < -0.39 is 6.04 Å². The number of amides is 2. The number of aromatic nitrogens is 2. The highest BCUT2D eigenvalue weighted by Gasteiger charge is 2.46. The highest BCUT2D eigenvalue weighted by molar-refractivity contribution is 6.02. The van der Waals surface area contributed by atoms with Crippen molar-refractivity contribution in [3.8, 4) is 22.6 Å². The number of rotatable bonds is 14. The number of likely N-dealkylation sites (tertiary alicyclic amines) is 2. The van der Waals surface area contributed by atoms with Crippen molar-refractivity contribution >= 4 is 40.4 Å². The maximum Gasteiger partial charge on any atom is 0.259 e. The number of carbonyl (C=O) groups excluding carboxylic acids is 3. The van der Waals surface area contributed by atoms with Gasteiger partial charge in [0.15, 0.2) is 0 Å². The summed E-state index contributed by atoms with van der Waals surface area (Å²) in [6.07, 6.45) is 10.8. The Hall–Kier alpha value is -5.47. The van der Waals surface area contributed by atoms with E-state index in [9.17, 15) is 19.2 Å². The minimum absolute atomic E-state index is 0.0647. The van der Waals surface area contributed by atoms with Crippen LogP contribution < -0.4 is 30.1 Å². The lowest BCUT2D eigenvalue weighted by atomic mass is 9.71. The molecule has 0 saturated carbocycles. The topological polar surface area (TPSA) is 133 Å². The first-order valence-electron chi connectivity index (χ1n) is 22.4. The van der Waals surface area contributed by atoms with Crippen molar-refractivity contribution in [2.75, 3.05) is 90.0 Å². The van der Waals surface area contributed by atoms with Gasteiger partial charge in [-0.1, -0.05) is 6.07 Å². The Morgan fingerprint density at radius 2 is 1.65 bits per heavy atom. The summed E-state index contributed by atoms with van der Waals surface area (Å²) in [5, 5.41) is 4.14. The lowest BCUT2D eigenvalue weighted by Crippen LogP contribution is -2.60. The zero-order valence-electron chi connectivity index (χ0n) is 36.7. The van der Waals surface area contributed by atoms with Crippen molar-refractivity contribution in [2.45, 2.75) is 64.1 Å². The van der Waals surface area contributed by atoms with Crippen molar-refractivity contribution in [3.05, 3.63) is 75.8 Å². The molecule has 1 atom stereocenters. The number of ether oxygens (including phenoxy) is 2. The molecule has 62 heavy (non-hydrogen) atoms. The number of piperidine rings is 2. The zero-order valence-corrected chi connectivity index (χ0v) is 36.7. The summed E-state index contributed by atoms with van der Waals surface area (Å²) in [7, 11) is 6.79. The van der Waals surface area contributed by atoms with Gasteiger partial charge in [0.25, 0.3) is 11.5 Å². The first-order chi connectivity index (χ1) is 30.1. The van der Waals surface area contributed by atoms with Crippen molar-refractivity contribution in [2.24, 2.45) is 18.4 Å². The second kappa shape index (κ2) is 17.4. The summed E-state index contributed by atoms with van der Waals surface area (Å²) in [6, 6.07) is 11.7. The fraction of sp³-hybridized carbons (Fsp3) is 0.521. The van der Waals surface area contributed by atoms with Crippen LogP contribution >= 0.6 is 0 Å². The number of likely N-dealkylation sites (N-methyl/N-ethyl adjacent to an activating group) is 1. The van der Waals surface area contributed by atoms with E-state index in [0.717, 1.165) is 142 Å². The Balaban J connectivity index is 0.779. The number of methoxy groups -OCH3 is 2. The molecule has 1 unspecified atom stereocenters. The van der Waals surface area contributed by atoms with Crippen LogP contribution in [0.4, 0.5) is 11.5 Å². The van der Waals surface area contributed by atoms with E-state index in [0.29, 0.717) is 35.2 Å². The van der Waals surface area contributed by atoms with Crippen LogP contribution in [0, 0.1) is 11.3 Å². The standard InChI is InChI=1S/C48H60N8O6/c1-49-45(58)41(7-5-20-57)56-27-33-8-9-35(23-36(33)47(56)60)55-30-48(31-55)12-18-53(19-13-48)26-32-10-16-52(17-11-32)29-40-42(61-3)21-34(22-43(40)62-4)39-28-51(2)46(59)38-25-50-44(24-37(38)39)54-14-6-15-54/h8-9,20-25,28,32,41H,5-7,10-19,26-27,29-31H2,1-4H3,(H,49,58). The van der Waals surface area contributed by atoms with Crippen molar-refractivity contribution in [1.82, 2.24) is 29.6 Å². The number of hydrogen-bond acceptors (Lipinski definition) is 11. The number of fused-ring (bicyclic) bond motifs is 2. The summed E-state index contributed by atoms with van der Waals surface area (Å²) >= 11 is 0. The molecule has 7 heterocycles. The molecule has 9 rings (SSSR count). The van der Waals surface area contributed by atoms with Gasteiger partial charge in [-0.2, -0.15) is 0 Å². The van der Waals surface area contributed by atoms with Crippen molar-refractivity contribution in [3.63, 3.8) is 0 Å². The highest BCUT2D eigenvalue weighted by atomic mass is 16.5. The van der Waals surface area contributed by atoms with Crippen LogP contribution in [0.2, 0.25) is 0 Å². The van der Waals surface area contributed by atoms with Crippen molar-refractivity contribution in [1.29, 1.82) is 0 Å². The van der Waals surface area contributed by atoms with Gasteiger partial charge in [0.05, 0.1) is 25.2 Å². The Labute approximate surface area is 363 Å². The summed E-state index contributed by atoms with van der Waals surface area (Å²) in [4.78, 5) is 66.4. The Bertz CT molecular complexity index is 2380. The van der Waals surface area contributed by atoms with Gasteiger partial charge in [0.2, 0.25) is 5.91 Å². The predicted molar refractivity (Wildman–Crippen MR) is 240 cm³/mol. The average molecular weight is 845 g/mol. The largest absolute Gasteiger partial charge is 0.496 e. The van der Waals surface area contributed by atoms with Gasteiger partial charge in [-0.25, -0.2) is 4.98 Å². The number of aldehydes is 1. The molecule has 0 aliphatic carbocycles. The summed E-state index contributed by atoms with van der Waals surface area (Å²) in [6.45, 7) is 10.5. The number of hydrogen-bond donors (Lipinski definition) is 1. The minimum atomic E-state index is -0.652. The molecule has 2 aromatic carbocycles. The molecule has 5 aliphatic rings. The van der Waals surface area contributed by atoms with E-state index >= 15 is 0 Å². The zero-order chi connectivity index (χ0) is 43.1. The van der Waals surface area contributed by atoms with E-state index in [1.807, 2.05) is 18.3 Å². The number of anilines is 2. The molecule has 4 aromatic rings. The Kier molecular flexibility index (Phi) is 11.7. The molecule has 1 spiro atoms. The van der Waals surface area contributed by atoms with E-state index in [1.54, 1.807) is 44.0 Å². The van der Waals surface area contributed by atoms with Gasteiger partial charge in [0.1, 0.15) is 29.6 Å². The third-order valence-corrected chi connectivity index (χ3v) is 14.5. The molecule has 0 radical (unpaired) electrons. The third kappa shape index (κ3) is 7.91. The molecule has 1 N–H and O–H groups in total. The molecule has 2 amide bonds. The van der Waals surface area contributed by atoms with Gasteiger partial charge < -0.3 is 43.8 Å².